The molecule has 0 saturated heterocycles. The standard InChI is InChI=1S/C21H19N3O3S2/c1-2-24-16(14-5-6-17-18(10-14)26-8-7-25-17)11-22-21(24)29-13-15-12-27-20(23-15)19-4-3-9-28-19/h3-6,9-12H,2,7-8,13H2,1H3. The minimum atomic E-state index is 0.579. The Bertz CT molecular complexity index is 1120. The molecule has 0 saturated carbocycles. The van der Waals surface area contributed by atoms with Crippen molar-refractivity contribution in [3.63, 3.8) is 0 Å². The molecule has 0 bridgehead atoms. The number of oxazole rings is 1. The zero-order valence-corrected chi connectivity index (χ0v) is 17.5. The van der Waals surface area contributed by atoms with E-state index in [0.717, 1.165) is 45.0 Å². The minimum absolute atomic E-state index is 0.579. The number of hydrogen-bond acceptors (Lipinski definition) is 7. The molecule has 1 aliphatic heterocycles. The Kier molecular flexibility index (Phi) is 5.03. The summed E-state index contributed by atoms with van der Waals surface area (Å²) in [5.74, 6) is 2.96. The summed E-state index contributed by atoms with van der Waals surface area (Å²) in [4.78, 5) is 10.3. The second-order valence-corrected chi connectivity index (χ2v) is 8.33. The zero-order chi connectivity index (χ0) is 19.6. The molecule has 29 heavy (non-hydrogen) atoms. The molecule has 1 aliphatic rings. The first-order chi connectivity index (χ1) is 14.3. The summed E-state index contributed by atoms with van der Waals surface area (Å²) in [6, 6.07) is 10.0. The predicted molar refractivity (Wildman–Crippen MR) is 114 cm³/mol. The summed E-state index contributed by atoms with van der Waals surface area (Å²) in [6.45, 7) is 4.12. The van der Waals surface area contributed by atoms with Crippen LogP contribution in [0.1, 0.15) is 12.6 Å². The first kappa shape index (κ1) is 18.3. The fourth-order valence-corrected chi connectivity index (χ4v) is 4.81. The second-order valence-electron chi connectivity index (χ2n) is 6.44. The SMILES string of the molecule is CCn1c(-c2ccc3c(c2)OCCO3)cnc1SCc1coc(-c2cccs2)n1. The van der Waals surface area contributed by atoms with Crippen LogP contribution in [-0.4, -0.2) is 27.7 Å². The molecular weight excluding hydrogens is 406 g/mol. The van der Waals surface area contributed by atoms with Crippen molar-refractivity contribution in [3.8, 4) is 33.5 Å². The molecule has 4 heterocycles. The Hall–Kier alpha value is -2.71. The molecule has 0 unspecified atom stereocenters. The average molecular weight is 426 g/mol. The Balaban J connectivity index is 1.35. The van der Waals surface area contributed by atoms with Gasteiger partial charge in [0, 0.05) is 17.9 Å². The molecule has 0 spiro atoms. The summed E-state index contributed by atoms with van der Waals surface area (Å²) < 4.78 is 19.2. The number of thiophene rings is 1. The lowest BCUT2D eigenvalue weighted by molar-refractivity contribution is 0.171. The largest absolute Gasteiger partial charge is 0.486 e. The van der Waals surface area contributed by atoms with Crippen LogP contribution in [0, 0.1) is 0 Å². The van der Waals surface area contributed by atoms with Crippen LogP contribution in [-0.2, 0) is 12.3 Å². The van der Waals surface area contributed by atoms with Gasteiger partial charge in [0.2, 0.25) is 5.89 Å². The van der Waals surface area contributed by atoms with Crippen LogP contribution in [0.25, 0.3) is 22.0 Å². The molecule has 1 aromatic carbocycles. The second kappa shape index (κ2) is 7.96. The van der Waals surface area contributed by atoms with Gasteiger partial charge in [-0.05, 0) is 36.6 Å². The van der Waals surface area contributed by atoms with Gasteiger partial charge in [-0.1, -0.05) is 17.8 Å². The van der Waals surface area contributed by atoms with Gasteiger partial charge in [-0.15, -0.1) is 11.3 Å². The van der Waals surface area contributed by atoms with Crippen molar-refractivity contribution >= 4 is 23.1 Å². The zero-order valence-electron chi connectivity index (χ0n) is 15.8. The van der Waals surface area contributed by atoms with E-state index in [1.165, 1.54) is 0 Å². The predicted octanol–water partition coefficient (Wildman–Crippen LogP) is 5.35. The van der Waals surface area contributed by atoms with Crippen LogP contribution in [0.3, 0.4) is 0 Å². The lowest BCUT2D eigenvalue weighted by atomic mass is 10.1. The summed E-state index contributed by atoms with van der Waals surface area (Å²) in [7, 11) is 0. The first-order valence-electron chi connectivity index (χ1n) is 9.38. The van der Waals surface area contributed by atoms with E-state index in [-0.39, 0.29) is 0 Å². The number of thioether (sulfide) groups is 1. The van der Waals surface area contributed by atoms with Crippen LogP contribution in [0.5, 0.6) is 11.5 Å². The fraction of sp³-hybridized carbons (Fsp3) is 0.238. The molecule has 0 radical (unpaired) electrons. The monoisotopic (exact) mass is 425 g/mol. The number of nitrogens with zero attached hydrogens (tertiary/aromatic N) is 3. The highest BCUT2D eigenvalue weighted by atomic mass is 32.2. The van der Waals surface area contributed by atoms with Crippen molar-refractivity contribution in [2.45, 2.75) is 24.4 Å². The highest BCUT2D eigenvalue weighted by Gasteiger charge is 2.17. The van der Waals surface area contributed by atoms with Gasteiger partial charge in [-0.25, -0.2) is 9.97 Å². The van der Waals surface area contributed by atoms with E-state index in [1.807, 2.05) is 35.8 Å². The van der Waals surface area contributed by atoms with Crippen LogP contribution in [0.4, 0.5) is 0 Å². The minimum Gasteiger partial charge on any atom is -0.486 e. The molecule has 0 atom stereocenters. The van der Waals surface area contributed by atoms with Gasteiger partial charge in [-0.3, -0.25) is 0 Å². The quantitative estimate of drug-likeness (QED) is 0.388. The van der Waals surface area contributed by atoms with Crippen LogP contribution < -0.4 is 9.47 Å². The summed E-state index contributed by atoms with van der Waals surface area (Å²) in [5.41, 5.74) is 3.04. The number of fused-ring (bicyclic) bond motifs is 1. The van der Waals surface area contributed by atoms with E-state index in [9.17, 15) is 0 Å². The Morgan fingerprint density at radius 1 is 1.17 bits per heavy atom. The van der Waals surface area contributed by atoms with Crippen molar-refractivity contribution < 1.29 is 13.9 Å². The highest BCUT2D eigenvalue weighted by Crippen LogP contribution is 2.36. The van der Waals surface area contributed by atoms with Gasteiger partial charge < -0.3 is 18.5 Å². The molecule has 8 heteroatoms. The molecule has 0 fully saturated rings. The summed E-state index contributed by atoms with van der Waals surface area (Å²) in [5, 5.41) is 2.98. The van der Waals surface area contributed by atoms with E-state index in [1.54, 1.807) is 29.4 Å². The van der Waals surface area contributed by atoms with Crippen LogP contribution in [0.15, 0.2) is 57.7 Å². The number of imidazole rings is 1. The van der Waals surface area contributed by atoms with E-state index in [0.29, 0.717) is 24.9 Å². The van der Waals surface area contributed by atoms with Gasteiger partial charge in [0.1, 0.15) is 19.5 Å². The lowest BCUT2D eigenvalue weighted by Gasteiger charge is -2.19. The molecule has 148 valence electrons. The Morgan fingerprint density at radius 3 is 2.90 bits per heavy atom. The molecule has 0 aliphatic carbocycles. The molecule has 6 nitrogen and oxygen atoms in total. The van der Waals surface area contributed by atoms with Crippen molar-refractivity contribution in [3.05, 3.63) is 53.9 Å². The molecule has 5 rings (SSSR count). The molecule has 3 aromatic heterocycles. The Labute approximate surface area is 176 Å². The van der Waals surface area contributed by atoms with E-state index >= 15 is 0 Å². The van der Waals surface area contributed by atoms with Gasteiger partial charge in [-0.2, -0.15) is 0 Å². The van der Waals surface area contributed by atoms with Crippen LogP contribution >= 0.6 is 23.1 Å². The first-order valence-corrected chi connectivity index (χ1v) is 11.2. The maximum Gasteiger partial charge on any atom is 0.236 e. The van der Waals surface area contributed by atoms with Crippen molar-refractivity contribution in [1.82, 2.24) is 14.5 Å². The third kappa shape index (κ3) is 3.65. The summed E-state index contributed by atoms with van der Waals surface area (Å²) >= 11 is 3.28. The van der Waals surface area contributed by atoms with E-state index in [4.69, 9.17) is 13.9 Å². The van der Waals surface area contributed by atoms with Gasteiger partial charge in [0.05, 0.1) is 22.5 Å². The molecule has 0 N–H and O–H groups in total. The summed E-state index contributed by atoms with van der Waals surface area (Å²) in [6.07, 6.45) is 3.64. The third-order valence-corrected chi connectivity index (χ3v) is 6.49. The number of aromatic nitrogens is 3. The third-order valence-electron chi connectivity index (χ3n) is 4.61. The van der Waals surface area contributed by atoms with Crippen molar-refractivity contribution in [2.24, 2.45) is 0 Å². The average Bonchev–Trinajstić information content (AvgIpc) is 3.52. The van der Waals surface area contributed by atoms with Crippen molar-refractivity contribution in [1.29, 1.82) is 0 Å². The molecule has 4 aromatic rings. The number of hydrogen-bond donors (Lipinski definition) is 0. The maximum absolute atomic E-state index is 5.73. The van der Waals surface area contributed by atoms with Gasteiger partial charge >= 0.3 is 0 Å². The van der Waals surface area contributed by atoms with E-state index in [2.05, 4.69) is 27.5 Å². The normalized spacial score (nSPS) is 13.0. The highest BCUT2D eigenvalue weighted by molar-refractivity contribution is 7.98. The van der Waals surface area contributed by atoms with Crippen molar-refractivity contribution in [2.75, 3.05) is 13.2 Å². The molecular formula is C21H19N3O3S2. The lowest BCUT2D eigenvalue weighted by Crippen LogP contribution is -2.15. The van der Waals surface area contributed by atoms with E-state index < -0.39 is 0 Å². The van der Waals surface area contributed by atoms with Gasteiger partial charge in [0.15, 0.2) is 16.7 Å². The Morgan fingerprint density at radius 2 is 2.07 bits per heavy atom. The van der Waals surface area contributed by atoms with Crippen LogP contribution in [0.2, 0.25) is 0 Å². The number of rotatable bonds is 6. The molecule has 0 amide bonds. The maximum atomic E-state index is 5.73. The smallest absolute Gasteiger partial charge is 0.236 e. The fourth-order valence-electron chi connectivity index (χ4n) is 3.24. The topological polar surface area (TPSA) is 62.3 Å². The number of ether oxygens (including phenoxy) is 2. The number of benzene rings is 1. The van der Waals surface area contributed by atoms with Gasteiger partial charge in [0.25, 0.3) is 0 Å².